The topological polar surface area (TPSA) is 70.2 Å². The fourth-order valence-electron chi connectivity index (χ4n) is 1.81. The highest BCUT2D eigenvalue weighted by atomic mass is 16.3. The van der Waals surface area contributed by atoms with Crippen molar-refractivity contribution >= 4 is 5.78 Å². The molecule has 2 aromatic rings. The Morgan fingerprint density at radius 3 is 2.56 bits per heavy atom. The molecule has 0 saturated heterocycles. The molecule has 0 fully saturated rings. The van der Waals surface area contributed by atoms with E-state index >= 15 is 0 Å². The van der Waals surface area contributed by atoms with Crippen molar-refractivity contribution in [3.8, 4) is 5.75 Å². The van der Waals surface area contributed by atoms with Gasteiger partial charge >= 0.3 is 0 Å². The van der Waals surface area contributed by atoms with Crippen LogP contribution in [0.4, 0.5) is 0 Å². The van der Waals surface area contributed by atoms with Crippen molar-refractivity contribution in [1.29, 1.82) is 0 Å². The summed E-state index contributed by atoms with van der Waals surface area (Å²) >= 11 is 0. The molecule has 2 rings (SSSR count). The number of hydrogen-bond donors (Lipinski definition) is 2. The van der Waals surface area contributed by atoms with Crippen LogP contribution in [-0.4, -0.2) is 15.9 Å². The molecule has 0 amide bonds. The molecule has 0 aliphatic rings. The van der Waals surface area contributed by atoms with Crippen LogP contribution in [0, 0.1) is 6.92 Å². The van der Waals surface area contributed by atoms with Gasteiger partial charge in [0, 0.05) is 12.1 Å². The Bertz CT molecular complexity index is 629. The zero-order valence-corrected chi connectivity index (χ0v) is 9.93. The van der Waals surface area contributed by atoms with Gasteiger partial charge in [0.2, 0.25) is 0 Å². The van der Waals surface area contributed by atoms with Crippen molar-refractivity contribution in [2.75, 3.05) is 0 Å². The Morgan fingerprint density at radius 1 is 1.28 bits per heavy atom. The van der Waals surface area contributed by atoms with E-state index in [0.29, 0.717) is 5.69 Å². The first-order valence-electron chi connectivity index (χ1n) is 5.58. The van der Waals surface area contributed by atoms with Crippen molar-refractivity contribution in [1.82, 2.24) is 4.98 Å². The second-order valence-corrected chi connectivity index (χ2v) is 4.13. The summed E-state index contributed by atoms with van der Waals surface area (Å²) in [6, 6.07) is 10.5. The van der Waals surface area contributed by atoms with E-state index in [1.54, 1.807) is 19.1 Å². The van der Waals surface area contributed by atoms with E-state index in [1.807, 2.05) is 18.2 Å². The molecule has 92 valence electrons. The van der Waals surface area contributed by atoms with Gasteiger partial charge in [-0.3, -0.25) is 9.59 Å². The number of aromatic amines is 1. The summed E-state index contributed by atoms with van der Waals surface area (Å²) in [4.78, 5) is 26.2. The Hall–Kier alpha value is -2.36. The number of ketones is 1. The summed E-state index contributed by atoms with van der Waals surface area (Å²) in [7, 11) is 0. The van der Waals surface area contributed by atoms with Crippen LogP contribution in [0.25, 0.3) is 0 Å². The zero-order valence-electron chi connectivity index (χ0n) is 9.93. The van der Waals surface area contributed by atoms with Crippen molar-refractivity contribution in [2.45, 2.75) is 13.3 Å². The maximum atomic E-state index is 12.0. The molecular weight excluding hydrogens is 230 g/mol. The predicted molar refractivity (Wildman–Crippen MR) is 67.9 cm³/mol. The molecule has 0 unspecified atom stereocenters. The Morgan fingerprint density at radius 2 is 1.94 bits per heavy atom. The van der Waals surface area contributed by atoms with Gasteiger partial charge in [0.1, 0.15) is 11.3 Å². The SMILES string of the molecule is Cc1cc(O)c(C(=O)Cc2ccccc2)c(=O)[nH]1. The summed E-state index contributed by atoms with van der Waals surface area (Å²) in [6.07, 6.45) is 0.0978. The van der Waals surface area contributed by atoms with Gasteiger partial charge in [0.25, 0.3) is 5.56 Å². The Kier molecular flexibility index (Phi) is 3.28. The van der Waals surface area contributed by atoms with Crippen LogP contribution >= 0.6 is 0 Å². The number of aromatic hydroxyl groups is 1. The Balaban J connectivity index is 2.33. The highest BCUT2D eigenvalue weighted by Crippen LogP contribution is 2.15. The lowest BCUT2D eigenvalue weighted by molar-refractivity contribution is 0.0989. The van der Waals surface area contributed by atoms with Crippen molar-refractivity contribution in [3.63, 3.8) is 0 Å². The van der Waals surface area contributed by atoms with E-state index in [1.165, 1.54) is 6.07 Å². The lowest BCUT2D eigenvalue weighted by atomic mass is 10.0. The van der Waals surface area contributed by atoms with Crippen molar-refractivity contribution in [2.24, 2.45) is 0 Å². The molecular formula is C14H13NO3. The van der Waals surface area contributed by atoms with Crippen LogP contribution in [0.2, 0.25) is 0 Å². The van der Waals surface area contributed by atoms with Gasteiger partial charge in [-0.05, 0) is 18.6 Å². The maximum Gasteiger partial charge on any atom is 0.262 e. The number of carbonyl (C=O) groups is 1. The smallest absolute Gasteiger partial charge is 0.262 e. The molecule has 1 aromatic carbocycles. The number of Topliss-reactive ketones (excluding diaryl/α,β-unsaturated/α-hetero) is 1. The average molecular weight is 243 g/mol. The number of rotatable bonds is 3. The zero-order chi connectivity index (χ0) is 13.1. The van der Waals surface area contributed by atoms with Gasteiger partial charge in [-0.25, -0.2) is 0 Å². The third kappa shape index (κ3) is 2.48. The summed E-state index contributed by atoms with van der Waals surface area (Å²) in [5.41, 5.74) is 0.605. The van der Waals surface area contributed by atoms with E-state index in [4.69, 9.17) is 0 Å². The molecule has 18 heavy (non-hydrogen) atoms. The first-order valence-corrected chi connectivity index (χ1v) is 5.58. The van der Waals surface area contributed by atoms with Crippen LogP contribution in [-0.2, 0) is 6.42 Å². The summed E-state index contributed by atoms with van der Waals surface area (Å²) < 4.78 is 0. The molecule has 1 heterocycles. The third-order valence-electron chi connectivity index (χ3n) is 2.63. The number of pyridine rings is 1. The molecule has 0 aliphatic heterocycles. The van der Waals surface area contributed by atoms with E-state index in [-0.39, 0.29) is 23.5 Å². The summed E-state index contributed by atoms with van der Waals surface area (Å²) in [5.74, 6) is -0.655. The normalized spacial score (nSPS) is 10.3. The molecule has 0 saturated carbocycles. The monoisotopic (exact) mass is 243 g/mol. The van der Waals surface area contributed by atoms with Gasteiger partial charge < -0.3 is 10.1 Å². The molecule has 2 N–H and O–H groups in total. The quantitative estimate of drug-likeness (QED) is 0.808. The predicted octanol–water partition coefficient (Wildman–Crippen LogP) is 1.81. The highest BCUT2D eigenvalue weighted by molar-refractivity contribution is 5.99. The second kappa shape index (κ2) is 4.87. The summed E-state index contributed by atoms with van der Waals surface area (Å²) in [5, 5.41) is 9.68. The molecule has 1 aromatic heterocycles. The van der Waals surface area contributed by atoms with Gasteiger partial charge in [0.05, 0.1) is 0 Å². The molecule has 4 heteroatoms. The minimum absolute atomic E-state index is 0.0978. The van der Waals surface area contributed by atoms with Crippen LogP contribution < -0.4 is 5.56 Å². The van der Waals surface area contributed by atoms with Crippen molar-refractivity contribution in [3.05, 3.63) is 63.6 Å². The van der Waals surface area contributed by atoms with Gasteiger partial charge in [-0.15, -0.1) is 0 Å². The van der Waals surface area contributed by atoms with Crippen LogP contribution in [0.3, 0.4) is 0 Å². The first kappa shape index (κ1) is 12.1. The van der Waals surface area contributed by atoms with Crippen LogP contribution in [0.1, 0.15) is 21.6 Å². The first-order chi connectivity index (χ1) is 8.58. The highest BCUT2D eigenvalue weighted by Gasteiger charge is 2.16. The number of H-pyrrole nitrogens is 1. The van der Waals surface area contributed by atoms with E-state index in [0.717, 1.165) is 5.56 Å². The van der Waals surface area contributed by atoms with Gasteiger partial charge in [-0.2, -0.15) is 0 Å². The molecule has 0 aliphatic carbocycles. The lowest BCUT2D eigenvalue weighted by Gasteiger charge is -2.04. The van der Waals surface area contributed by atoms with E-state index in [9.17, 15) is 14.7 Å². The molecule has 0 radical (unpaired) electrons. The van der Waals surface area contributed by atoms with Crippen LogP contribution in [0.15, 0.2) is 41.2 Å². The van der Waals surface area contributed by atoms with E-state index in [2.05, 4.69) is 4.98 Å². The minimum Gasteiger partial charge on any atom is -0.507 e. The number of carbonyl (C=O) groups excluding carboxylic acids is 1. The average Bonchev–Trinajstić information content (AvgIpc) is 2.28. The van der Waals surface area contributed by atoms with Gasteiger partial charge in [-0.1, -0.05) is 30.3 Å². The maximum absolute atomic E-state index is 12.0. The van der Waals surface area contributed by atoms with Gasteiger partial charge in [0.15, 0.2) is 5.78 Å². The van der Waals surface area contributed by atoms with Crippen molar-refractivity contribution < 1.29 is 9.90 Å². The number of nitrogens with one attached hydrogen (secondary N) is 1. The standard InChI is InChI=1S/C14H13NO3/c1-9-7-11(16)13(14(18)15-9)12(17)8-10-5-3-2-4-6-10/h2-7H,8H2,1H3,(H2,15,16,18). The molecule has 0 bridgehead atoms. The molecule has 0 atom stereocenters. The molecule has 4 nitrogen and oxygen atoms in total. The number of hydrogen-bond acceptors (Lipinski definition) is 3. The second-order valence-electron chi connectivity index (χ2n) is 4.13. The largest absolute Gasteiger partial charge is 0.507 e. The van der Waals surface area contributed by atoms with E-state index < -0.39 is 5.56 Å². The Labute approximate surface area is 104 Å². The lowest BCUT2D eigenvalue weighted by Crippen LogP contribution is -2.20. The van der Waals surface area contributed by atoms with Crippen LogP contribution in [0.5, 0.6) is 5.75 Å². The third-order valence-corrected chi connectivity index (χ3v) is 2.63. The fraction of sp³-hybridized carbons (Fsp3) is 0.143. The summed E-state index contributed by atoms with van der Waals surface area (Å²) in [6.45, 7) is 1.65. The minimum atomic E-state index is -0.548. The molecule has 0 spiro atoms. The number of aromatic nitrogens is 1. The number of benzene rings is 1. The fourth-order valence-corrected chi connectivity index (χ4v) is 1.81. The number of aryl methyl sites for hydroxylation is 1.